The van der Waals surface area contributed by atoms with Gasteiger partial charge in [0, 0.05) is 80.6 Å². The highest BCUT2D eigenvalue weighted by atomic mass is 15.2. The number of hydrogen-bond donors (Lipinski definition) is 0. The average molecular weight is 1530 g/mol. The van der Waals surface area contributed by atoms with E-state index in [4.69, 9.17) is 0 Å². The quantitative estimate of drug-likeness (QED) is 0.0545. The van der Waals surface area contributed by atoms with Crippen LogP contribution >= 0.6 is 0 Å². The number of nitrogens with zero attached hydrogens (tertiary/aromatic N) is 4. The van der Waals surface area contributed by atoms with Crippen molar-refractivity contribution < 1.29 is 0 Å². The molecule has 24 rings (SSSR count). The summed E-state index contributed by atoms with van der Waals surface area (Å²) in [6.45, 7) is 1.76. The van der Waals surface area contributed by atoms with Crippen LogP contribution < -0.4 is 26.2 Å². The molecule has 2 aliphatic rings. The first-order chi connectivity index (χ1) is 59.5. The molecule has 20 aromatic carbocycles. The normalized spacial score (nSPS) is 12.4. The van der Waals surface area contributed by atoms with Crippen molar-refractivity contribution in [2.45, 2.75) is 19.4 Å². The molecule has 2 aromatic heterocycles. The molecule has 0 saturated heterocycles. The van der Waals surface area contributed by atoms with Gasteiger partial charge in [0.05, 0.1) is 11.0 Å². The summed E-state index contributed by atoms with van der Waals surface area (Å²) < 4.78 is 5.11. The predicted octanol–water partition coefficient (Wildman–Crippen LogP) is 27.6. The summed E-state index contributed by atoms with van der Waals surface area (Å²) in [6, 6.07) is 158. The molecule has 5 heteroatoms. The smallest absolute Gasteiger partial charge is 0.252 e. The second-order valence-corrected chi connectivity index (χ2v) is 32.7. The first-order valence-corrected chi connectivity index (χ1v) is 42.2. The van der Waals surface area contributed by atoms with Crippen molar-refractivity contribution in [3.05, 3.63) is 435 Å². The van der Waals surface area contributed by atoms with Crippen LogP contribution in [0.2, 0.25) is 0 Å². The Morgan fingerprint density at radius 1 is 0.225 bits per heavy atom. The van der Waals surface area contributed by atoms with E-state index in [1.54, 1.807) is 0 Å². The largest absolute Gasteiger partial charge is 0.342 e. The molecular weight excluding hydrogens is 1450 g/mol. The van der Waals surface area contributed by atoms with Crippen molar-refractivity contribution in [3.63, 3.8) is 0 Å². The zero-order valence-corrected chi connectivity index (χ0v) is 66.2. The third kappa shape index (κ3) is 11.3. The zero-order chi connectivity index (χ0) is 78.9. The molecule has 0 atom stereocenters. The Morgan fingerprint density at radius 3 is 1.10 bits per heavy atom. The molecule has 22 aromatic rings. The van der Waals surface area contributed by atoms with E-state index in [1.165, 1.54) is 220 Å². The van der Waals surface area contributed by atoms with Crippen LogP contribution in [0.5, 0.6) is 0 Å². The number of hydrogen-bond acceptors (Lipinski definition) is 2. The van der Waals surface area contributed by atoms with E-state index in [0.717, 1.165) is 18.5 Å². The zero-order valence-electron chi connectivity index (χ0n) is 66.2. The fourth-order valence-corrected chi connectivity index (χ4v) is 21.0. The summed E-state index contributed by atoms with van der Waals surface area (Å²) in [5.74, 6) is 0. The molecule has 0 amide bonds. The summed E-state index contributed by atoms with van der Waals surface area (Å²) in [7, 11) is 0. The van der Waals surface area contributed by atoms with E-state index in [9.17, 15) is 0 Å². The monoisotopic (exact) mass is 1530 g/mol. The molecule has 0 spiro atoms. The maximum Gasteiger partial charge on any atom is 0.252 e. The van der Waals surface area contributed by atoms with E-state index in [0.29, 0.717) is 19.6 Å². The van der Waals surface area contributed by atoms with Crippen LogP contribution in [-0.2, 0) is 19.4 Å². The Hall–Kier alpha value is -15.0. The van der Waals surface area contributed by atoms with Gasteiger partial charge in [-0.05, 0) is 246 Å². The molecule has 120 heavy (non-hydrogen) atoms. The average Bonchev–Trinajstić information content (AvgIpc) is 0.717. The maximum absolute atomic E-state index is 2.78. The third-order valence-corrected chi connectivity index (χ3v) is 26.2. The van der Waals surface area contributed by atoms with Crippen molar-refractivity contribution in [2.24, 2.45) is 0 Å². The van der Waals surface area contributed by atoms with Crippen LogP contribution in [0.15, 0.2) is 419 Å². The van der Waals surface area contributed by atoms with Crippen molar-refractivity contribution in [3.8, 4) is 83.6 Å². The number of aromatic nitrogens is 2. The van der Waals surface area contributed by atoms with Gasteiger partial charge >= 0.3 is 0 Å². The van der Waals surface area contributed by atoms with E-state index >= 15 is 0 Å². The molecular formula is C115H79BN4. The Morgan fingerprint density at radius 2 is 0.617 bits per heavy atom. The minimum absolute atomic E-state index is 0.207. The first-order valence-electron chi connectivity index (χ1n) is 42.2. The van der Waals surface area contributed by atoms with Gasteiger partial charge in [0.25, 0.3) is 6.71 Å². The summed E-state index contributed by atoms with van der Waals surface area (Å²) in [4.78, 5) is 5.56. The predicted molar refractivity (Wildman–Crippen MR) is 510 cm³/mol. The van der Waals surface area contributed by atoms with Gasteiger partial charge in [0.15, 0.2) is 0 Å². The van der Waals surface area contributed by atoms with Gasteiger partial charge in [-0.2, -0.15) is 0 Å². The topological polar surface area (TPSA) is 16.3 Å². The number of fused-ring (bicyclic) bond motifs is 12. The molecule has 562 valence electrons. The van der Waals surface area contributed by atoms with Gasteiger partial charge in [-0.25, -0.2) is 0 Å². The van der Waals surface area contributed by atoms with Crippen molar-refractivity contribution >= 4 is 133 Å². The second kappa shape index (κ2) is 28.4. The molecule has 0 N–H and O–H groups in total. The molecule has 0 bridgehead atoms. The van der Waals surface area contributed by atoms with Crippen LogP contribution in [0.1, 0.15) is 16.7 Å². The van der Waals surface area contributed by atoms with Gasteiger partial charge in [-0.15, -0.1) is 0 Å². The molecule has 4 heterocycles. The van der Waals surface area contributed by atoms with Crippen LogP contribution in [0.3, 0.4) is 0 Å². The fourth-order valence-electron chi connectivity index (χ4n) is 21.0. The third-order valence-electron chi connectivity index (χ3n) is 26.2. The van der Waals surface area contributed by atoms with E-state index in [-0.39, 0.29) is 6.71 Å². The van der Waals surface area contributed by atoms with Crippen LogP contribution in [0.25, 0.3) is 170 Å². The van der Waals surface area contributed by atoms with Crippen LogP contribution in [0, 0.1) is 0 Å². The van der Waals surface area contributed by atoms with Crippen LogP contribution in [0.4, 0.5) is 22.7 Å². The Labute approximate surface area is 698 Å². The lowest BCUT2D eigenvalue weighted by Gasteiger charge is -2.45. The van der Waals surface area contributed by atoms with Gasteiger partial charge < -0.3 is 18.9 Å². The molecule has 0 unspecified atom stereocenters. The van der Waals surface area contributed by atoms with Gasteiger partial charge in [-0.1, -0.05) is 340 Å². The minimum Gasteiger partial charge on any atom is -0.342 e. The number of benzene rings is 20. The molecule has 0 fully saturated rings. The fraction of sp³-hybridized carbons (Fsp3) is 0.0435. The minimum atomic E-state index is -0.207. The molecule has 0 aliphatic carbocycles. The highest BCUT2D eigenvalue weighted by Crippen LogP contribution is 2.49. The lowest BCUT2D eigenvalue weighted by atomic mass is 9.33. The van der Waals surface area contributed by atoms with Crippen molar-refractivity contribution in [2.75, 3.05) is 22.9 Å². The van der Waals surface area contributed by atoms with Crippen LogP contribution in [-0.4, -0.2) is 28.9 Å². The van der Waals surface area contributed by atoms with Gasteiger partial charge in [0.2, 0.25) is 0 Å². The highest BCUT2D eigenvalue weighted by Gasteiger charge is 2.44. The molecule has 4 nitrogen and oxygen atoms in total. The Kier molecular flexibility index (Phi) is 16.4. The molecule has 2 aliphatic heterocycles. The van der Waals surface area contributed by atoms with Crippen molar-refractivity contribution in [1.82, 2.24) is 9.13 Å². The molecule has 0 radical (unpaired) electrons. The molecule has 0 saturated carbocycles. The van der Waals surface area contributed by atoms with E-state index in [2.05, 4.69) is 438 Å². The number of anilines is 4. The summed E-state index contributed by atoms with van der Waals surface area (Å²) in [5.41, 5.74) is 35.5. The van der Waals surface area contributed by atoms with E-state index < -0.39 is 0 Å². The standard InChI is InChI=1S/C115H79BN4/c1-7-30-76(31-8-1)84-68-99(78-34-11-3-12-35-78)88(100(69-84)79-36-13-4-14-37-79)62-64-117-109-61-56-83(87-58-59-98-96-49-28-43-82-42-27-48-95(113(82)96)97-51-29-50-94(87)114(97)98)72-104(109)116-103-60-57-86(120-107-54-25-21-46-92(107)93-47-22-26-55-108(93)120)73-110(103)118(112-67-75(66-111(117)115(112)116)74-119-105-52-23-19-44-90(105)91-45-20-24-53-106(91)119)65-63-89-101(80-38-15-5-16-39-80)70-85(77-32-9-2-10-33-77)71-102(89)81-40-17-6-18-41-81/h1-61,66-73H,62-65,74H2. The summed E-state index contributed by atoms with van der Waals surface area (Å²) in [6.07, 6.45) is 1.45. The lowest BCUT2D eigenvalue weighted by molar-refractivity contribution is 0.860. The summed E-state index contributed by atoms with van der Waals surface area (Å²) in [5, 5.41) is 15.3. The first kappa shape index (κ1) is 69.3. The van der Waals surface area contributed by atoms with Gasteiger partial charge in [0.1, 0.15) is 0 Å². The Bertz CT molecular complexity index is 7530. The lowest BCUT2D eigenvalue weighted by Crippen LogP contribution is -2.62. The van der Waals surface area contributed by atoms with E-state index in [1.807, 2.05) is 0 Å². The second-order valence-electron chi connectivity index (χ2n) is 32.7. The maximum atomic E-state index is 2.78. The highest BCUT2D eigenvalue weighted by molar-refractivity contribution is 7.00. The number of para-hydroxylation sites is 4. The van der Waals surface area contributed by atoms with Gasteiger partial charge in [-0.3, -0.25) is 0 Å². The van der Waals surface area contributed by atoms with Crippen molar-refractivity contribution in [1.29, 1.82) is 0 Å². The SMILES string of the molecule is c1ccc(-c2cc(-c3ccccc3)c(CCN3c4ccc(-c5ccc6c7cccc8cccc(c9cccc5c96)c87)cc4B4c5ccc(-n6c7ccccc7c7ccccc76)cc5N(CCc5c(-c6ccccc6)cc(-c6ccccc6)cc5-c5ccccc5)c5cc(Cn6c7ccccc7c7ccccc76)cc3c54)c(-c3ccccc3)c2)cc1. The number of rotatable bonds is 16. The summed E-state index contributed by atoms with van der Waals surface area (Å²) >= 11 is 0. The Balaban J connectivity index is 0.786.